The van der Waals surface area contributed by atoms with Gasteiger partial charge in [0.2, 0.25) is 0 Å². The third-order valence-electron chi connectivity index (χ3n) is 3.42. The summed E-state index contributed by atoms with van der Waals surface area (Å²) in [5.41, 5.74) is 0.374. The number of benzene rings is 1. The molecule has 0 fully saturated rings. The standard InChI is InChI=1S/C16H16N4O3S/c1-12-17-8-9-20(12)16-7-6-13(11-18-16)19-24(21,22)15-5-3-4-14(10-15)23-2/h3-11,19H,1-2H3. The molecule has 0 saturated heterocycles. The van der Waals surface area contributed by atoms with Crippen molar-refractivity contribution in [2.24, 2.45) is 0 Å². The van der Waals surface area contributed by atoms with Crippen LogP contribution < -0.4 is 9.46 Å². The molecule has 3 rings (SSSR count). The average molecular weight is 344 g/mol. The number of nitrogens with one attached hydrogen (secondary N) is 1. The second-order valence-electron chi connectivity index (χ2n) is 5.03. The Morgan fingerprint density at radius 1 is 1.17 bits per heavy atom. The Balaban J connectivity index is 1.84. The predicted molar refractivity (Wildman–Crippen MR) is 89.9 cm³/mol. The third-order valence-corrected chi connectivity index (χ3v) is 4.80. The second kappa shape index (κ2) is 6.32. The Kier molecular flexibility index (Phi) is 4.22. The first-order chi connectivity index (χ1) is 11.5. The van der Waals surface area contributed by atoms with Crippen molar-refractivity contribution in [3.05, 3.63) is 60.8 Å². The van der Waals surface area contributed by atoms with Gasteiger partial charge in [0.15, 0.2) is 0 Å². The molecule has 8 heteroatoms. The number of ether oxygens (including phenoxy) is 1. The third kappa shape index (κ3) is 3.23. The number of aromatic nitrogens is 3. The molecular weight excluding hydrogens is 328 g/mol. The lowest BCUT2D eigenvalue weighted by Gasteiger charge is -2.10. The normalized spacial score (nSPS) is 11.2. The molecule has 124 valence electrons. The van der Waals surface area contributed by atoms with Gasteiger partial charge in [-0.1, -0.05) is 6.07 Å². The molecule has 0 saturated carbocycles. The quantitative estimate of drug-likeness (QED) is 0.768. The van der Waals surface area contributed by atoms with Crippen LogP contribution >= 0.6 is 0 Å². The van der Waals surface area contributed by atoms with Gasteiger partial charge in [0, 0.05) is 18.5 Å². The first-order valence-corrected chi connectivity index (χ1v) is 8.61. The van der Waals surface area contributed by atoms with E-state index in [2.05, 4.69) is 14.7 Å². The van der Waals surface area contributed by atoms with Crippen molar-refractivity contribution >= 4 is 15.7 Å². The largest absolute Gasteiger partial charge is 0.497 e. The lowest BCUT2D eigenvalue weighted by molar-refractivity contribution is 0.413. The van der Waals surface area contributed by atoms with E-state index < -0.39 is 10.0 Å². The van der Waals surface area contributed by atoms with Gasteiger partial charge in [-0.2, -0.15) is 0 Å². The highest BCUT2D eigenvalue weighted by molar-refractivity contribution is 7.92. The zero-order valence-electron chi connectivity index (χ0n) is 13.2. The molecule has 0 atom stereocenters. The van der Waals surface area contributed by atoms with Crippen molar-refractivity contribution in [2.75, 3.05) is 11.8 Å². The molecule has 7 nitrogen and oxygen atoms in total. The van der Waals surface area contributed by atoms with E-state index >= 15 is 0 Å². The van der Waals surface area contributed by atoms with Crippen LogP contribution in [0.15, 0.2) is 59.9 Å². The Labute approximate surface area is 140 Å². The van der Waals surface area contributed by atoms with Crippen LogP contribution in [0.5, 0.6) is 5.75 Å². The van der Waals surface area contributed by atoms with Crippen LogP contribution in [0, 0.1) is 6.92 Å². The summed E-state index contributed by atoms with van der Waals surface area (Å²) in [4.78, 5) is 8.52. The summed E-state index contributed by atoms with van der Waals surface area (Å²) in [6.45, 7) is 1.86. The molecule has 0 bridgehead atoms. The molecule has 2 heterocycles. The molecule has 24 heavy (non-hydrogen) atoms. The SMILES string of the molecule is COc1cccc(S(=O)(=O)Nc2ccc(-n3ccnc3C)nc2)c1. The van der Waals surface area contributed by atoms with Crippen molar-refractivity contribution in [3.8, 4) is 11.6 Å². The first-order valence-electron chi connectivity index (χ1n) is 7.13. The second-order valence-corrected chi connectivity index (χ2v) is 6.72. The molecule has 0 aliphatic rings. The van der Waals surface area contributed by atoms with E-state index in [1.807, 2.05) is 6.92 Å². The van der Waals surface area contributed by atoms with Gasteiger partial charge in [0.1, 0.15) is 17.4 Å². The van der Waals surface area contributed by atoms with Crippen molar-refractivity contribution in [2.45, 2.75) is 11.8 Å². The summed E-state index contributed by atoms with van der Waals surface area (Å²) >= 11 is 0. The monoisotopic (exact) mass is 344 g/mol. The Morgan fingerprint density at radius 2 is 2.00 bits per heavy atom. The van der Waals surface area contributed by atoms with Crippen molar-refractivity contribution < 1.29 is 13.2 Å². The number of anilines is 1. The fraction of sp³-hybridized carbons (Fsp3) is 0.125. The van der Waals surface area contributed by atoms with Gasteiger partial charge < -0.3 is 4.74 Å². The molecule has 0 radical (unpaired) electrons. The fourth-order valence-corrected chi connectivity index (χ4v) is 3.27. The number of sulfonamides is 1. The molecule has 1 aromatic carbocycles. The highest BCUT2D eigenvalue weighted by Gasteiger charge is 2.15. The number of aryl methyl sites for hydroxylation is 1. The summed E-state index contributed by atoms with van der Waals surface area (Å²) < 4.78 is 34.2. The Bertz CT molecular complexity index is 949. The molecule has 2 aromatic heterocycles. The highest BCUT2D eigenvalue weighted by atomic mass is 32.2. The molecule has 0 aliphatic heterocycles. The van der Waals surface area contributed by atoms with Gasteiger partial charge >= 0.3 is 0 Å². The van der Waals surface area contributed by atoms with Gasteiger partial charge in [-0.3, -0.25) is 9.29 Å². The fourth-order valence-electron chi connectivity index (χ4n) is 2.19. The summed E-state index contributed by atoms with van der Waals surface area (Å²) in [7, 11) is -2.22. The van der Waals surface area contributed by atoms with E-state index in [-0.39, 0.29) is 4.90 Å². The number of pyridine rings is 1. The molecular formula is C16H16N4O3S. The topological polar surface area (TPSA) is 86.1 Å². The van der Waals surface area contributed by atoms with E-state index in [0.717, 1.165) is 5.82 Å². The van der Waals surface area contributed by atoms with Gasteiger partial charge in [-0.05, 0) is 31.2 Å². The van der Waals surface area contributed by atoms with E-state index in [1.54, 1.807) is 41.2 Å². The summed E-state index contributed by atoms with van der Waals surface area (Å²) in [6, 6.07) is 9.64. The highest BCUT2D eigenvalue weighted by Crippen LogP contribution is 2.20. The average Bonchev–Trinajstić information content (AvgIpc) is 3.01. The zero-order valence-corrected chi connectivity index (χ0v) is 14.0. The molecule has 0 amide bonds. The number of nitrogens with zero attached hydrogens (tertiary/aromatic N) is 3. The van der Waals surface area contributed by atoms with Crippen LogP contribution in [-0.2, 0) is 10.0 Å². The maximum absolute atomic E-state index is 12.4. The van der Waals surface area contributed by atoms with Crippen LogP contribution in [0.3, 0.4) is 0 Å². The predicted octanol–water partition coefficient (Wildman–Crippen LogP) is 2.39. The number of imidazole rings is 1. The number of hydrogen-bond acceptors (Lipinski definition) is 5. The molecule has 0 aliphatic carbocycles. The lowest BCUT2D eigenvalue weighted by atomic mass is 10.3. The Hall–Kier alpha value is -2.87. The molecule has 1 N–H and O–H groups in total. The maximum atomic E-state index is 12.4. The minimum absolute atomic E-state index is 0.122. The van der Waals surface area contributed by atoms with Gasteiger partial charge in [0.25, 0.3) is 10.0 Å². The van der Waals surface area contributed by atoms with E-state index in [9.17, 15) is 8.42 Å². The summed E-state index contributed by atoms with van der Waals surface area (Å²) in [5.74, 6) is 1.93. The molecule has 0 spiro atoms. The van der Waals surface area contributed by atoms with Crippen LogP contribution in [-0.4, -0.2) is 30.1 Å². The Morgan fingerprint density at radius 3 is 2.62 bits per heavy atom. The number of methoxy groups -OCH3 is 1. The van der Waals surface area contributed by atoms with Crippen LogP contribution in [0.4, 0.5) is 5.69 Å². The minimum atomic E-state index is -3.71. The minimum Gasteiger partial charge on any atom is -0.497 e. The van der Waals surface area contributed by atoms with Gasteiger partial charge in [0.05, 0.1) is 23.9 Å². The summed E-state index contributed by atoms with van der Waals surface area (Å²) in [6.07, 6.45) is 4.93. The van der Waals surface area contributed by atoms with Crippen LogP contribution in [0.2, 0.25) is 0 Å². The van der Waals surface area contributed by atoms with Crippen molar-refractivity contribution in [3.63, 3.8) is 0 Å². The number of hydrogen-bond donors (Lipinski definition) is 1. The van der Waals surface area contributed by atoms with Crippen LogP contribution in [0.25, 0.3) is 5.82 Å². The smallest absolute Gasteiger partial charge is 0.262 e. The number of rotatable bonds is 5. The summed E-state index contributed by atoms with van der Waals surface area (Å²) in [5, 5.41) is 0. The van der Waals surface area contributed by atoms with Gasteiger partial charge in [-0.25, -0.2) is 18.4 Å². The van der Waals surface area contributed by atoms with Crippen LogP contribution in [0.1, 0.15) is 5.82 Å². The maximum Gasteiger partial charge on any atom is 0.262 e. The van der Waals surface area contributed by atoms with Crippen molar-refractivity contribution in [1.82, 2.24) is 14.5 Å². The zero-order chi connectivity index (χ0) is 17.2. The first kappa shape index (κ1) is 16.0. The van der Waals surface area contributed by atoms with E-state index in [4.69, 9.17) is 4.74 Å². The van der Waals surface area contributed by atoms with Gasteiger partial charge in [-0.15, -0.1) is 0 Å². The van der Waals surface area contributed by atoms with E-state index in [1.165, 1.54) is 25.4 Å². The molecule has 0 unspecified atom stereocenters. The lowest BCUT2D eigenvalue weighted by Crippen LogP contribution is -2.13. The van der Waals surface area contributed by atoms with E-state index in [0.29, 0.717) is 17.3 Å². The molecule has 3 aromatic rings. The van der Waals surface area contributed by atoms with Crippen molar-refractivity contribution in [1.29, 1.82) is 0 Å².